The number of benzene rings is 9. The van der Waals surface area contributed by atoms with Gasteiger partial charge in [-0.05, 0) is 107 Å². The number of anilines is 6. The van der Waals surface area contributed by atoms with Gasteiger partial charge in [0.1, 0.15) is 10.0 Å². The van der Waals surface area contributed by atoms with Crippen molar-refractivity contribution >= 4 is 119 Å². The number of nitrogens with zero attached hydrogens (tertiary/aromatic N) is 4. The predicted molar refractivity (Wildman–Crippen MR) is 275 cm³/mol. The first kappa shape index (κ1) is 36.7. The summed E-state index contributed by atoms with van der Waals surface area (Å²) in [5.41, 5.74) is 11.6. The fourth-order valence-corrected chi connectivity index (χ4v) is 12.1. The number of para-hydroxylation sites is 5. The molecular weight excluding hydrogens is 817 g/mol. The zero-order valence-electron chi connectivity index (χ0n) is 34.5. The van der Waals surface area contributed by atoms with Gasteiger partial charge in [-0.3, -0.25) is 0 Å². The van der Waals surface area contributed by atoms with E-state index in [-0.39, 0.29) is 0 Å². The van der Waals surface area contributed by atoms with Crippen LogP contribution in [-0.2, 0) is 0 Å². The lowest BCUT2D eigenvalue weighted by molar-refractivity contribution is 1.17. The van der Waals surface area contributed by atoms with Gasteiger partial charge in [0.2, 0.25) is 0 Å². The second kappa shape index (κ2) is 14.9. The molecule has 0 aliphatic carbocycles. The fraction of sp³-hybridized carbons (Fsp3) is 0. The van der Waals surface area contributed by atoms with Crippen molar-refractivity contribution in [2.24, 2.45) is 0 Å². The second-order valence-corrected chi connectivity index (χ2v) is 18.2. The Bertz CT molecular complexity index is 3790. The maximum absolute atomic E-state index is 2.48. The molecule has 6 heteroatoms. The largest absolute Gasteiger partial charge is 0.308 e. The molecule has 0 saturated heterocycles. The van der Waals surface area contributed by atoms with Gasteiger partial charge in [0.15, 0.2) is 0 Å². The van der Waals surface area contributed by atoms with Crippen LogP contribution in [0.4, 0.5) is 32.8 Å². The minimum absolute atomic E-state index is 1.12. The highest BCUT2D eigenvalue weighted by Crippen LogP contribution is 2.51. The molecule has 0 saturated carbocycles. The third-order valence-electron chi connectivity index (χ3n) is 12.5. The van der Waals surface area contributed by atoms with E-state index < -0.39 is 0 Å². The highest BCUT2D eigenvalue weighted by Gasteiger charge is 2.26. The van der Waals surface area contributed by atoms with Crippen molar-refractivity contribution in [2.45, 2.75) is 0 Å². The number of fused-ring (bicyclic) bond motifs is 9. The van der Waals surface area contributed by atoms with E-state index in [1.54, 1.807) is 0 Å². The maximum atomic E-state index is 2.48. The molecule has 0 fully saturated rings. The maximum Gasteiger partial charge on any atom is 0.103 e. The first-order valence-electron chi connectivity index (χ1n) is 21.6. The average molecular weight is 855 g/mol. The Kier molecular flexibility index (Phi) is 8.54. The molecule has 64 heavy (non-hydrogen) atoms. The molecule has 0 aliphatic rings. The van der Waals surface area contributed by atoms with Crippen LogP contribution in [-0.4, -0.2) is 9.13 Å². The van der Waals surface area contributed by atoms with E-state index in [1.165, 1.54) is 68.8 Å². The van der Waals surface area contributed by atoms with Gasteiger partial charge in [-0.25, -0.2) is 0 Å². The minimum atomic E-state index is 1.12. The van der Waals surface area contributed by atoms with Gasteiger partial charge in [-0.2, -0.15) is 0 Å². The zero-order valence-corrected chi connectivity index (χ0v) is 36.2. The van der Waals surface area contributed by atoms with E-state index in [1.807, 2.05) is 22.7 Å². The van der Waals surface area contributed by atoms with E-state index in [9.17, 15) is 0 Å². The van der Waals surface area contributed by atoms with Crippen LogP contribution in [0.25, 0.3) is 75.2 Å². The first-order valence-corrected chi connectivity index (χ1v) is 23.2. The average Bonchev–Trinajstić information content (AvgIpc) is 4.12. The molecule has 0 atom stereocenters. The summed E-state index contributed by atoms with van der Waals surface area (Å²) >= 11 is 3.72. The normalized spacial score (nSPS) is 11.8. The highest BCUT2D eigenvalue weighted by molar-refractivity contribution is 7.24. The standard InChI is InChI=1S/C58H38N4S2/c1-6-21-40(22-7-1)59(41-23-8-2-9-24-41)55-37-53-57(63-55)48-35-52-49(36-51(48)60(53)42-25-10-3-11-26-42)58-54(61(52)43-27-12-4-13-28-43)38-56(64-58)62(44-29-14-5-15-30-44)50-34-39-20-16-17-31-45(39)46-32-18-19-33-47(46)50/h1-38H. The van der Waals surface area contributed by atoms with Gasteiger partial charge in [-0.15, -0.1) is 22.7 Å². The van der Waals surface area contributed by atoms with Gasteiger partial charge in [0.25, 0.3) is 0 Å². The summed E-state index contributed by atoms with van der Waals surface area (Å²) in [5.74, 6) is 0. The summed E-state index contributed by atoms with van der Waals surface area (Å²) in [6.07, 6.45) is 0. The molecule has 9 aromatic carbocycles. The van der Waals surface area contributed by atoms with Crippen molar-refractivity contribution in [3.05, 3.63) is 231 Å². The zero-order chi connectivity index (χ0) is 42.1. The lowest BCUT2D eigenvalue weighted by Crippen LogP contribution is -2.09. The lowest BCUT2D eigenvalue weighted by Gasteiger charge is -2.26. The van der Waals surface area contributed by atoms with Crippen LogP contribution in [0.5, 0.6) is 0 Å². The van der Waals surface area contributed by atoms with Crippen molar-refractivity contribution in [1.29, 1.82) is 0 Å². The van der Waals surface area contributed by atoms with Crippen molar-refractivity contribution in [3.63, 3.8) is 0 Å². The van der Waals surface area contributed by atoms with Gasteiger partial charge in [0.05, 0.1) is 37.2 Å². The van der Waals surface area contributed by atoms with Gasteiger partial charge < -0.3 is 18.9 Å². The Morgan fingerprint density at radius 2 is 0.688 bits per heavy atom. The summed E-state index contributed by atoms with van der Waals surface area (Å²) in [7, 11) is 0. The van der Waals surface area contributed by atoms with E-state index in [4.69, 9.17) is 0 Å². The van der Waals surface area contributed by atoms with Crippen LogP contribution in [0.1, 0.15) is 0 Å². The molecule has 13 rings (SSSR count). The van der Waals surface area contributed by atoms with Crippen molar-refractivity contribution in [1.82, 2.24) is 9.13 Å². The van der Waals surface area contributed by atoms with Crippen molar-refractivity contribution in [2.75, 3.05) is 9.80 Å². The Balaban J connectivity index is 1.09. The fourth-order valence-electron chi connectivity index (χ4n) is 9.70. The van der Waals surface area contributed by atoms with Gasteiger partial charge in [-0.1, -0.05) is 140 Å². The van der Waals surface area contributed by atoms with Crippen LogP contribution >= 0.6 is 22.7 Å². The van der Waals surface area contributed by atoms with Crippen molar-refractivity contribution < 1.29 is 0 Å². The number of hydrogen-bond donors (Lipinski definition) is 0. The third kappa shape index (κ3) is 5.81. The molecule has 302 valence electrons. The molecule has 4 heterocycles. The van der Waals surface area contributed by atoms with E-state index >= 15 is 0 Å². The Labute approximate surface area is 378 Å². The smallest absolute Gasteiger partial charge is 0.103 e. The lowest BCUT2D eigenvalue weighted by atomic mass is 9.99. The summed E-state index contributed by atoms with van der Waals surface area (Å²) in [4.78, 5) is 4.85. The monoisotopic (exact) mass is 854 g/mol. The molecule has 0 N–H and O–H groups in total. The molecule has 0 bridgehead atoms. The summed E-state index contributed by atoms with van der Waals surface area (Å²) in [6.45, 7) is 0. The molecule has 0 amide bonds. The van der Waals surface area contributed by atoms with Crippen LogP contribution in [0.3, 0.4) is 0 Å². The summed E-state index contributed by atoms with van der Waals surface area (Å²) in [5, 5.41) is 9.75. The van der Waals surface area contributed by atoms with Crippen LogP contribution < -0.4 is 9.80 Å². The van der Waals surface area contributed by atoms with Crippen LogP contribution in [0.15, 0.2) is 231 Å². The second-order valence-electron chi connectivity index (χ2n) is 16.2. The topological polar surface area (TPSA) is 16.3 Å². The molecule has 4 nitrogen and oxygen atoms in total. The number of hydrogen-bond acceptors (Lipinski definition) is 4. The van der Waals surface area contributed by atoms with E-state index in [0.717, 1.165) is 39.1 Å². The SMILES string of the molecule is c1ccc(N(c2ccccc2)c2cc3c(s2)c2cc4c(cc2n3-c2ccccc2)c2sc(N(c3ccccc3)c3cc5ccccc5c5ccccc35)cc2n4-c2ccccc2)cc1. The molecule has 13 aromatic rings. The quantitative estimate of drug-likeness (QED) is 0.142. The number of thiophene rings is 2. The molecule has 0 spiro atoms. The molecule has 4 aromatic heterocycles. The first-order chi connectivity index (χ1) is 31.8. The Morgan fingerprint density at radius 1 is 0.297 bits per heavy atom. The third-order valence-corrected chi connectivity index (χ3v) is 14.8. The van der Waals surface area contributed by atoms with E-state index in [0.29, 0.717) is 0 Å². The molecule has 0 unspecified atom stereocenters. The van der Waals surface area contributed by atoms with E-state index in [2.05, 4.69) is 249 Å². The van der Waals surface area contributed by atoms with Crippen LogP contribution in [0, 0.1) is 0 Å². The molecular formula is C58H38N4S2. The van der Waals surface area contributed by atoms with Gasteiger partial charge >= 0.3 is 0 Å². The Hall–Kier alpha value is -7.90. The highest BCUT2D eigenvalue weighted by atomic mass is 32.1. The predicted octanol–water partition coefficient (Wildman–Crippen LogP) is 17.2. The van der Waals surface area contributed by atoms with Crippen molar-refractivity contribution in [3.8, 4) is 11.4 Å². The molecule has 0 aliphatic heterocycles. The molecule has 0 radical (unpaired) electrons. The summed E-state index contributed by atoms with van der Waals surface area (Å²) in [6, 6.07) is 83.6. The van der Waals surface area contributed by atoms with Gasteiger partial charge in [0, 0.05) is 44.6 Å². The summed E-state index contributed by atoms with van der Waals surface area (Å²) < 4.78 is 7.46. The number of rotatable bonds is 8. The number of aromatic nitrogens is 2. The Morgan fingerprint density at radius 3 is 1.19 bits per heavy atom. The van der Waals surface area contributed by atoms with Crippen LogP contribution in [0.2, 0.25) is 0 Å². The minimum Gasteiger partial charge on any atom is -0.308 e.